The predicted molar refractivity (Wildman–Crippen MR) is 72.2 cm³/mol. The topological polar surface area (TPSA) is 38.0 Å². The van der Waals surface area contributed by atoms with Crippen molar-refractivity contribution in [1.29, 1.82) is 0 Å². The second-order valence-corrected chi connectivity index (χ2v) is 6.13. The van der Waals surface area contributed by atoms with Crippen molar-refractivity contribution in [3.8, 4) is 0 Å². The molecule has 3 nitrogen and oxygen atoms in total. The number of hydrogen-bond donors (Lipinski definition) is 1. The van der Waals surface area contributed by atoms with Crippen LogP contribution in [-0.4, -0.2) is 25.9 Å². The van der Waals surface area contributed by atoms with Crippen LogP contribution in [0.3, 0.4) is 0 Å². The molecule has 1 unspecified atom stereocenters. The van der Waals surface area contributed by atoms with Crippen LogP contribution in [0, 0.1) is 0 Å². The molecule has 4 heteroatoms. The average molecular weight is 254 g/mol. The molecule has 1 heterocycles. The van der Waals surface area contributed by atoms with Gasteiger partial charge in [0.25, 0.3) is 0 Å². The molecule has 0 radical (unpaired) electrons. The van der Waals surface area contributed by atoms with Gasteiger partial charge in [-0.15, -0.1) is 0 Å². The first-order valence-corrected chi connectivity index (χ1v) is 7.66. The van der Waals surface area contributed by atoms with Gasteiger partial charge in [0, 0.05) is 29.3 Å². The number of rotatable bonds is 6. The van der Waals surface area contributed by atoms with Crippen molar-refractivity contribution >= 4 is 11.8 Å². The van der Waals surface area contributed by atoms with E-state index in [0.29, 0.717) is 0 Å². The molecule has 17 heavy (non-hydrogen) atoms. The minimum Gasteiger partial charge on any atom is -0.387 e. The Morgan fingerprint density at radius 1 is 1.53 bits per heavy atom. The highest BCUT2D eigenvalue weighted by atomic mass is 32.2. The molecule has 1 atom stereocenters. The van der Waals surface area contributed by atoms with E-state index in [-0.39, 0.29) is 6.10 Å². The summed E-state index contributed by atoms with van der Waals surface area (Å²) in [4.78, 5) is 0. The van der Waals surface area contributed by atoms with E-state index >= 15 is 0 Å². The molecule has 1 saturated carbocycles. The number of aryl methyl sites for hydroxylation is 1. The van der Waals surface area contributed by atoms with Crippen LogP contribution in [0.1, 0.15) is 50.7 Å². The summed E-state index contributed by atoms with van der Waals surface area (Å²) in [5.41, 5.74) is 0.962. The normalized spacial score (nSPS) is 18.7. The molecule has 0 bridgehead atoms. The highest BCUT2D eigenvalue weighted by molar-refractivity contribution is 7.99. The number of nitrogens with zero attached hydrogens (tertiary/aromatic N) is 2. The third-order valence-corrected chi connectivity index (χ3v) is 4.73. The Morgan fingerprint density at radius 3 is 3.00 bits per heavy atom. The standard InChI is InChI=1S/C13H22N2OS/c1-2-7-15-9-11(8-14-15)13(16)10-17-12-5-3-4-6-12/h8-9,12-13,16H,2-7,10H2,1H3. The van der Waals surface area contributed by atoms with Gasteiger partial charge in [0.05, 0.1) is 12.3 Å². The molecule has 1 aromatic rings. The Balaban J connectivity index is 1.79. The first-order valence-electron chi connectivity index (χ1n) is 6.61. The van der Waals surface area contributed by atoms with Gasteiger partial charge in [-0.2, -0.15) is 16.9 Å². The molecule has 1 aliphatic rings. The van der Waals surface area contributed by atoms with Gasteiger partial charge < -0.3 is 5.11 Å². The van der Waals surface area contributed by atoms with Crippen LogP contribution >= 0.6 is 11.8 Å². The van der Waals surface area contributed by atoms with Crippen LogP contribution in [0.2, 0.25) is 0 Å². The van der Waals surface area contributed by atoms with Crippen molar-refractivity contribution in [3.63, 3.8) is 0 Å². The molecular formula is C13H22N2OS. The van der Waals surface area contributed by atoms with Crippen molar-refractivity contribution in [2.75, 3.05) is 5.75 Å². The molecule has 1 aromatic heterocycles. The smallest absolute Gasteiger partial charge is 0.0910 e. The van der Waals surface area contributed by atoms with Crippen LogP contribution < -0.4 is 0 Å². The summed E-state index contributed by atoms with van der Waals surface area (Å²) in [5, 5.41) is 15.1. The largest absolute Gasteiger partial charge is 0.387 e. The summed E-state index contributed by atoms with van der Waals surface area (Å²) >= 11 is 1.92. The lowest BCUT2D eigenvalue weighted by Gasteiger charge is -2.12. The van der Waals surface area contributed by atoms with E-state index in [0.717, 1.165) is 29.5 Å². The summed E-state index contributed by atoms with van der Waals surface area (Å²) in [6.45, 7) is 3.07. The minimum absolute atomic E-state index is 0.355. The lowest BCUT2D eigenvalue weighted by Crippen LogP contribution is -2.04. The highest BCUT2D eigenvalue weighted by Crippen LogP contribution is 2.31. The fourth-order valence-corrected chi connectivity index (χ4v) is 3.60. The van der Waals surface area contributed by atoms with E-state index in [1.54, 1.807) is 6.20 Å². The van der Waals surface area contributed by atoms with Crippen LogP contribution in [0.5, 0.6) is 0 Å². The van der Waals surface area contributed by atoms with Crippen molar-refractivity contribution in [2.24, 2.45) is 0 Å². The van der Waals surface area contributed by atoms with E-state index in [4.69, 9.17) is 0 Å². The van der Waals surface area contributed by atoms with Crippen LogP contribution in [-0.2, 0) is 6.54 Å². The van der Waals surface area contributed by atoms with Gasteiger partial charge in [-0.1, -0.05) is 19.8 Å². The average Bonchev–Trinajstić information content (AvgIpc) is 2.97. The van der Waals surface area contributed by atoms with Gasteiger partial charge in [0.15, 0.2) is 0 Å². The first kappa shape index (κ1) is 13.0. The van der Waals surface area contributed by atoms with Crippen LogP contribution in [0.15, 0.2) is 12.4 Å². The molecule has 1 aliphatic carbocycles. The number of thioether (sulfide) groups is 1. The Hall–Kier alpha value is -0.480. The number of aliphatic hydroxyl groups is 1. The number of hydrogen-bond acceptors (Lipinski definition) is 3. The zero-order chi connectivity index (χ0) is 12.1. The maximum atomic E-state index is 10.1. The number of aliphatic hydroxyl groups excluding tert-OH is 1. The monoisotopic (exact) mass is 254 g/mol. The molecule has 1 N–H and O–H groups in total. The molecule has 0 aromatic carbocycles. The first-order chi connectivity index (χ1) is 8.29. The van der Waals surface area contributed by atoms with E-state index in [1.807, 2.05) is 22.6 Å². The molecule has 2 rings (SSSR count). The van der Waals surface area contributed by atoms with Gasteiger partial charge >= 0.3 is 0 Å². The van der Waals surface area contributed by atoms with E-state index in [2.05, 4.69) is 12.0 Å². The summed E-state index contributed by atoms with van der Waals surface area (Å²) in [7, 11) is 0. The maximum absolute atomic E-state index is 10.1. The molecule has 1 fully saturated rings. The van der Waals surface area contributed by atoms with Gasteiger partial charge in [-0.05, 0) is 19.3 Å². The fraction of sp³-hybridized carbons (Fsp3) is 0.769. The SMILES string of the molecule is CCCn1cc(C(O)CSC2CCCC2)cn1. The molecule has 0 saturated heterocycles. The second-order valence-electron chi connectivity index (χ2n) is 4.79. The van der Waals surface area contributed by atoms with Crippen LogP contribution in [0.25, 0.3) is 0 Å². The summed E-state index contributed by atoms with van der Waals surface area (Å²) < 4.78 is 1.92. The van der Waals surface area contributed by atoms with E-state index < -0.39 is 0 Å². The van der Waals surface area contributed by atoms with E-state index in [9.17, 15) is 5.11 Å². The zero-order valence-electron chi connectivity index (χ0n) is 10.5. The van der Waals surface area contributed by atoms with Crippen molar-refractivity contribution in [3.05, 3.63) is 18.0 Å². The maximum Gasteiger partial charge on any atom is 0.0910 e. The van der Waals surface area contributed by atoms with Crippen molar-refractivity contribution in [2.45, 2.75) is 56.9 Å². The van der Waals surface area contributed by atoms with Crippen molar-refractivity contribution in [1.82, 2.24) is 9.78 Å². The summed E-state index contributed by atoms with van der Waals surface area (Å²) in [6, 6.07) is 0. The Kier molecular flexibility index (Phi) is 4.92. The van der Waals surface area contributed by atoms with E-state index in [1.165, 1.54) is 25.7 Å². The van der Waals surface area contributed by atoms with Gasteiger partial charge in [0.1, 0.15) is 0 Å². The third-order valence-electron chi connectivity index (χ3n) is 3.28. The zero-order valence-corrected chi connectivity index (χ0v) is 11.3. The van der Waals surface area contributed by atoms with Crippen LogP contribution in [0.4, 0.5) is 0 Å². The highest BCUT2D eigenvalue weighted by Gasteiger charge is 2.18. The van der Waals surface area contributed by atoms with Gasteiger partial charge in [0.2, 0.25) is 0 Å². The van der Waals surface area contributed by atoms with Gasteiger partial charge in [-0.3, -0.25) is 4.68 Å². The lowest BCUT2D eigenvalue weighted by atomic mass is 10.2. The van der Waals surface area contributed by atoms with Crippen molar-refractivity contribution < 1.29 is 5.11 Å². The third kappa shape index (κ3) is 3.75. The fourth-order valence-electron chi connectivity index (χ4n) is 2.28. The molecule has 0 amide bonds. The molecule has 0 aliphatic heterocycles. The summed E-state index contributed by atoms with van der Waals surface area (Å²) in [6.07, 6.45) is 9.88. The molecular weight excluding hydrogens is 232 g/mol. The second kappa shape index (κ2) is 6.45. The predicted octanol–water partition coefficient (Wildman–Crippen LogP) is 3.00. The molecule has 96 valence electrons. The minimum atomic E-state index is -0.355. The Morgan fingerprint density at radius 2 is 2.29 bits per heavy atom. The number of aromatic nitrogens is 2. The quantitative estimate of drug-likeness (QED) is 0.848. The Bertz CT molecular complexity index is 334. The Labute approximate surface area is 108 Å². The van der Waals surface area contributed by atoms with Gasteiger partial charge in [-0.25, -0.2) is 0 Å². The molecule has 0 spiro atoms. The lowest BCUT2D eigenvalue weighted by molar-refractivity contribution is 0.204. The summed E-state index contributed by atoms with van der Waals surface area (Å²) in [5.74, 6) is 0.808.